The predicted octanol–water partition coefficient (Wildman–Crippen LogP) is 0.191. The van der Waals surface area contributed by atoms with Crippen LogP contribution in [0, 0.1) is 11.8 Å². The van der Waals surface area contributed by atoms with Crippen molar-refractivity contribution < 1.29 is 13.2 Å². The average Bonchev–Trinajstić information content (AvgIpc) is 2.80. The molecule has 1 heterocycles. The van der Waals surface area contributed by atoms with Crippen molar-refractivity contribution in [2.24, 2.45) is 11.8 Å². The highest BCUT2D eigenvalue weighted by Gasteiger charge is 2.54. The maximum absolute atomic E-state index is 12.2. The zero-order valence-electron chi connectivity index (χ0n) is 10.1. The van der Waals surface area contributed by atoms with E-state index in [1.165, 1.54) is 7.11 Å². The minimum absolute atomic E-state index is 0.0995. The van der Waals surface area contributed by atoms with Crippen LogP contribution >= 0.6 is 0 Å². The van der Waals surface area contributed by atoms with E-state index in [-0.39, 0.29) is 10.9 Å². The molecule has 1 saturated heterocycles. The molecule has 1 aromatic carbocycles. The van der Waals surface area contributed by atoms with Crippen molar-refractivity contribution >= 4 is 10.0 Å². The number of ether oxygens (including phenoxy) is 1. The maximum Gasteiger partial charge on any atom is 0.240 e. The lowest BCUT2D eigenvalue weighted by molar-refractivity contribution is 0.413. The molecule has 2 fully saturated rings. The number of hydrogen-bond acceptors (Lipinski definition) is 4. The molecule has 5 nitrogen and oxygen atoms in total. The van der Waals surface area contributed by atoms with Crippen molar-refractivity contribution in [1.82, 2.24) is 10.0 Å². The van der Waals surface area contributed by atoms with E-state index in [2.05, 4.69) is 10.0 Å². The van der Waals surface area contributed by atoms with E-state index in [9.17, 15) is 8.42 Å². The lowest BCUT2D eigenvalue weighted by Crippen LogP contribution is -2.32. The summed E-state index contributed by atoms with van der Waals surface area (Å²) in [6.45, 7) is 1.83. The Morgan fingerprint density at radius 1 is 1.33 bits per heavy atom. The van der Waals surface area contributed by atoms with E-state index >= 15 is 0 Å². The third-order valence-corrected chi connectivity index (χ3v) is 5.19. The zero-order valence-corrected chi connectivity index (χ0v) is 10.9. The van der Waals surface area contributed by atoms with Crippen molar-refractivity contribution in [2.75, 3.05) is 20.2 Å². The highest BCUT2D eigenvalue weighted by atomic mass is 32.2. The molecule has 0 radical (unpaired) electrons. The smallest absolute Gasteiger partial charge is 0.240 e. The largest absolute Gasteiger partial charge is 0.497 e. The Bertz CT molecular complexity index is 548. The van der Waals surface area contributed by atoms with Crippen LogP contribution < -0.4 is 14.8 Å². The molecule has 0 amide bonds. The molecule has 0 aromatic heterocycles. The van der Waals surface area contributed by atoms with Gasteiger partial charge in [0.1, 0.15) is 5.75 Å². The lowest BCUT2D eigenvalue weighted by atomic mass is 10.3. The number of rotatable bonds is 4. The Labute approximate surface area is 107 Å². The fourth-order valence-electron chi connectivity index (χ4n) is 2.61. The molecular formula is C12H16N2O3S. The normalized spacial score (nSPS) is 29.9. The highest BCUT2D eigenvalue weighted by molar-refractivity contribution is 7.89. The zero-order chi connectivity index (χ0) is 12.8. The first-order chi connectivity index (χ1) is 8.62. The van der Waals surface area contributed by atoms with Gasteiger partial charge in [-0.2, -0.15) is 0 Å². The fourth-order valence-corrected chi connectivity index (χ4v) is 3.98. The minimum atomic E-state index is -3.43. The van der Waals surface area contributed by atoms with Crippen molar-refractivity contribution in [3.05, 3.63) is 24.3 Å². The van der Waals surface area contributed by atoms with Crippen LogP contribution in [0.3, 0.4) is 0 Å². The van der Waals surface area contributed by atoms with Gasteiger partial charge in [0.05, 0.1) is 12.0 Å². The summed E-state index contributed by atoms with van der Waals surface area (Å²) in [5, 5.41) is 3.24. The first-order valence-electron chi connectivity index (χ1n) is 5.99. The molecule has 18 heavy (non-hydrogen) atoms. The Kier molecular flexibility index (Phi) is 2.80. The number of benzene rings is 1. The summed E-state index contributed by atoms with van der Waals surface area (Å²) in [5.41, 5.74) is 0. The van der Waals surface area contributed by atoms with Crippen LogP contribution in [0.15, 0.2) is 29.2 Å². The Balaban J connectivity index is 1.77. The van der Waals surface area contributed by atoms with Gasteiger partial charge in [0, 0.05) is 12.1 Å². The third-order valence-electron chi connectivity index (χ3n) is 3.73. The van der Waals surface area contributed by atoms with E-state index in [4.69, 9.17) is 4.74 Å². The SMILES string of the molecule is COc1cccc(S(=O)(=O)NC2C3CNCC32)c1. The van der Waals surface area contributed by atoms with Crippen molar-refractivity contribution in [2.45, 2.75) is 10.9 Å². The number of fused-ring (bicyclic) bond motifs is 1. The number of piperidine rings is 1. The predicted molar refractivity (Wildman–Crippen MR) is 67.0 cm³/mol. The maximum atomic E-state index is 12.2. The van der Waals surface area contributed by atoms with Crippen LogP contribution in [0.25, 0.3) is 0 Å². The second-order valence-corrected chi connectivity index (χ2v) is 6.53. The molecule has 1 saturated carbocycles. The molecule has 2 aliphatic rings. The summed E-state index contributed by atoms with van der Waals surface area (Å²) in [4.78, 5) is 0.264. The van der Waals surface area contributed by atoms with Crippen LogP contribution in [0.1, 0.15) is 0 Å². The molecule has 1 aliphatic carbocycles. The van der Waals surface area contributed by atoms with Gasteiger partial charge < -0.3 is 10.1 Å². The Morgan fingerprint density at radius 2 is 2.06 bits per heavy atom. The van der Waals surface area contributed by atoms with Crippen LogP contribution in [0.4, 0.5) is 0 Å². The lowest BCUT2D eigenvalue weighted by Gasteiger charge is -2.09. The van der Waals surface area contributed by atoms with Gasteiger partial charge in [-0.1, -0.05) is 6.07 Å². The van der Waals surface area contributed by atoms with Crippen LogP contribution in [-0.2, 0) is 10.0 Å². The summed E-state index contributed by atoms with van der Waals surface area (Å²) < 4.78 is 32.2. The van der Waals surface area contributed by atoms with Crippen LogP contribution in [0.2, 0.25) is 0 Å². The van der Waals surface area contributed by atoms with E-state index in [0.717, 1.165) is 13.1 Å². The molecule has 1 aromatic rings. The van der Waals surface area contributed by atoms with Gasteiger partial charge in [-0.15, -0.1) is 0 Å². The summed E-state index contributed by atoms with van der Waals surface area (Å²) in [6, 6.07) is 6.64. The summed E-state index contributed by atoms with van der Waals surface area (Å²) in [7, 11) is -1.91. The molecule has 6 heteroatoms. The summed E-state index contributed by atoms with van der Waals surface area (Å²) in [6.07, 6.45) is 0. The highest BCUT2D eigenvalue weighted by Crippen LogP contribution is 2.42. The average molecular weight is 268 g/mol. The van der Waals surface area contributed by atoms with E-state index in [1.807, 2.05) is 0 Å². The first kappa shape index (κ1) is 12.0. The molecule has 2 unspecified atom stereocenters. The molecule has 2 atom stereocenters. The van der Waals surface area contributed by atoms with Crippen molar-refractivity contribution in [3.8, 4) is 5.75 Å². The van der Waals surface area contributed by atoms with Gasteiger partial charge >= 0.3 is 0 Å². The van der Waals surface area contributed by atoms with Gasteiger partial charge in [-0.05, 0) is 37.1 Å². The van der Waals surface area contributed by atoms with Crippen LogP contribution in [-0.4, -0.2) is 34.7 Å². The number of sulfonamides is 1. The topological polar surface area (TPSA) is 67.4 Å². The van der Waals surface area contributed by atoms with Crippen molar-refractivity contribution in [3.63, 3.8) is 0 Å². The Hall–Kier alpha value is -1.11. The standard InChI is InChI=1S/C12H16N2O3S/c1-17-8-3-2-4-9(5-8)18(15,16)14-12-10-6-13-7-11(10)12/h2-5,10-14H,6-7H2,1H3. The van der Waals surface area contributed by atoms with E-state index in [0.29, 0.717) is 17.6 Å². The minimum Gasteiger partial charge on any atom is -0.497 e. The molecule has 2 N–H and O–H groups in total. The summed E-state index contributed by atoms with van der Waals surface area (Å²) in [5.74, 6) is 1.48. The molecule has 3 rings (SSSR count). The summed E-state index contributed by atoms with van der Waals surface area (Å²) >= 11 is 0. The monoisotopic (exact) mass is 268 g/mol. The molecular weight excluding hydrogens is 252 g/mol. The molecule has 98 valence electrons. The molecule has 1 aliphatic heterocycles. The third kappa shape index (κ3) is 2.00. The van der Waals surface area contributed by atoms with Gasteiger partial charge in [-0.3, -0.25) is 0 Å². The number of hydrogen-bond donors (Lipinski definition) is 2. The van der Waals surface area contributed by atoms with E-state index in [1.54, 1.807) is 24.3 Å². The molecule has 0 spiro atoms. The van der Waals surface area contributed by atoms with Gasteiger partial charge in [0.25, 0.3) is 0 Å². The Morgan fingerprint density at radius 3 is 2.72 bits per heavy atom. The first-order valence-corrected chi connectivity index (χ1v) is 7.47. The number of methoxy groups -OCH3 is 1. The quantitative estimate of drug-likeness (QED) is 0.818. The van der Waals surface area contributed by atoms with Gasteiger partial charge in [0.15, 0.2) is 0 Å². The second kappa shape index (κ2) is 4.22. The van der Waals surface area contributed by atoms with Crippen LogP contribution in [0.5, 0.6) is 5.75 Å². The fraction of sp³-hybridized carbons (Fsp3) is 0.500. The second-order valence-electron chi connectivity index (χ2n) is 4.81. The molecule has 0 bridgehead atoms. The number of nitrogens with one attached hydrogen (secondary N) is 2. The van der Waals surface area contributed by atoms with E-state index < -0.39 is 10.0 Å². The van der Waals surface area contributed by atoms with Gasteiger partial charge in [-0.25, -0.2) is 13.1 Å². The van der Waals surface area contributed by atoms with Crippen molar-refractivity contribution in [1.29, 1.82) is 0 Å². The van der Waals surface area contributed by atoms with Gasteiger partial charge in [0.2, 0.25) is 10.0 Å².